The van der Waals surface area contributed by atoms with Gasteiger partial charge in [-0.2, -0.15) is 0 Å². The summed E-state index contributed by atoms with van der Waals surface area (Å²) in [5.74, 6) is 2.17. The van der Waals surface area contributed by atoms with Crippen LogP contribution < -0.4 is 5.32 Å². The molecule has 2 aromatic rings. The zero-order valence-electron chi connectivity index (χ0n) is 13.6. The summed E-state index contributed by atoms with van der Waals surface area (Å²) in [5.41, 5.74) is 0. The third-order valence-electron chi connectivity index (χ3n) is 4.55. The van der Waals surface area contributed by atoms with E-state index in [1.807, 2.05) is 31.6 Å². The van der Waals surface area contributed by atoms with Crippen molar-refractivity contribution in [1.82, 2.24) is 19.8 Å². The third-order valence-corrected chi connectivity index (χ3v) is 4.55. The van der Waals surface area contributed by atoms with Crippen LogP contribution in [0.15, 0.2) is 35.2 Å². The monoisotopic (exact) mass is 316 g/mol. The molecular formula is C17H24N4O2. The van der Waals surface area contributed by atoms with Crippen LogP contribution in [0.1, 0.15) is 24.4 Å². The molecule has 1 amide bonds. The Labute approximate surface area is 136 Å². The first-order valence-electron chi connectivity index (χ1n) is 8.21. The first-order valence-corrected chi connectivity index (χ1v) is 8.21. The maximum Gasteiger partial charge on any atom is 0.223 e. The molecule has 0 bridgehead atoms. The minimum Gasteiger partial charge on any atom is -0.467 e. The SMILES string of the molecule is Cn1ccnc1CCN1CCC(C(=O)NCc2ccco2)CC1. The molecule has 0 spiro atoms. The molecule has 2 aromatic heterocycles. The zero-order chi connectivity index (χ0) is 16.1. The molecular weight excluding hydrogens is 292 g/mol. The Balaban J connectivity index is 1.38. The lowest BCUT2D eigenvalue weighted by molar-refractivity contribution is -0.126. The van der Waals surface area contributed by atoms with E-state index in [-0.39, 0.29) is 11.8 Å². The Morgan fingerprint density at radius 3 is 2.91 bits per heavy atom. The summed E-state index contributed by atoms with van der Waals surface area (Å²) in [6.07, 6.45) is 8.24. The molecule has 3 heterocycles. The summed E-state index contributed by atoms with van der Waals surface area (Å²) < 4.78 is 7.30. The number of rotatable bonds is 6. The zero-order valence-corrected chi connectivity index (χ0v) is 13.6. The number of aromatic nitrogens is 2. The lowest BCUT2D eigenvalue weighted by Gasteiger charge is -2.31. The van der Waals surface area contributed by atoms with Gasteiger partial charge in [0.05, 0.1) is 12.8 Å². The number of aryl methyl sites for hydroxylation is 1. The van der Waals surface area contributed by atoms with Crippen molar-refractivity contribution in [2.75, 3.05) is 19.6 Å². The van der Waals surface area contributed by atoms with Crippen LogP contribution in [-0.2, 0) is 24.8 Å². The number of furan rings is 1. The summed E-state index contributed by atoms with van der Waals surface area (Å²) in [6, 6.07) is 3.71. The van der Waals surface area contributed by atoms with Crippen molar-refractivity contribution in [2.24, 2.45) is 13.0 Å². The molecule has 0 aromatic carbocycles. The number of hydrogen-bond donors (Lipinski definition) is 1. The predicted octanol–water partition coefficient (Wildman–Crippen LogP) is 1.58. The molecule has 0 radical (unpaired) electrons. The number of nitrogens with zero attached hydrogens (tertiary/aromatic N) is 3. The Morgan fingerprint density at radius 1 is 1.43 bits per heavy atom. The van der Waals surface area contributed by atoms with Crippen molar-refractivity contribution in [2.45, 2.75) is 25.8 Å². The summed E-state index contributed by atoms with van der Waals surface area (Å²) in [7, 11) is 2.03. The predicted molar refractivity (Wildman–Crippen MR) is 86.6 cm³/mol. The van der Waals surface area contributed by atoms with Gasteiger partial charge in [-0.25, -0.2) is 4.98 Å². The van der Waals surface area contributed by atoms with Crippen LogP contribution >= 0.6 is 0 Å². The highest BCUT2D eigenvalue weighted by atomic mass is 16.3. The molecule has 1 fully saturated rings. The van der Waals surface area contributed by atoms with Crippen LogP contribution in [-0.4, -0.2) is 40.0 Å². The van der Waals surface area contributed by atoms with Crippen LogP contribution in [0.2, 0.25) is 0 Å². The number of amides is 1. The molecule has 1 N–H and O–H groups in total. The smallest absolute Gasteiger partial charge is 0.223 e. The molecule has 0 atom stereocenters. The molecule has 0 aliphatic carbocycles. The fourth-order valence-electron chi connectivity index (χ4n) is 3.05. The van der Waals surface area contributed by atoms with Gasteiger partial charge in [-0.3, -0.25) is 4.79 Å². The highest BCUT2D eigenvalue weighted by molar-refractivity contribution is 5.78. The van der Waals surface area contributed by atoms with Crippen molar-refractivity contribution in [3.05, 3.63) is 42.4 Å². The number of carbonyl (C=O) groups is 1. The molecule has 1 saturated heterocycles. The van der Waals surface area contributed by atoms with E-state index in [1.54, 1.807) is 6.26 Å². The fourth-order valence-corrected chi connectivity index (χ4v) is 3.05. The number of nitrogens with one attached hydrogen (secondary N) is 1. The van der Waals surface area contributed by atoms with Crippen LogP contribution in [0.25, 0.3) is 0 Å². The Bertz CT molecular complexity index is 612. The lowest BCUT2D eigenvalue weighted by Crippen LogP contribution is -2.41. The van der Waals surface area contributed by atoms with Crippen molar-refractivity contribution >= 4 is 5.91 Å². The van der Waals surface area contributed by atoms with E-state index in [4.69, 9.17) is 4.42 Å². The van der Waals surface area contributed by atoms with Crippen LogP contribution in [0.5, 0.6) is 0 Å². The number of hydrogen-bond acceptors (Lipinski definition) is 4. The van der Waals surface area contributed by atoms with Gasteiger partial charge in [-0.15, -0.1) is 0 Å². The van der Waals surface area contributed by atoms with E-state index in [0.717, 1.165) is 50.5 Å². The first kappa shape index (κ1) is 15.8. The molecule has 0 saturated carbocycles. The van der Waals surface area contributed by atoms with Gasteiger partial charge in [0.2, 0.25) is 5.91 Å². The largest absolute Gasteiger partial charge is 0.467 e. The van der Waals surface area contributed by atoms with E-state index < -0.39 is 0 Å². The molecule has 23 heavy (non-hydrogen) atoms. The molecule has 1 aliphatic heterocycles. The number of carbonyl (C=O) groups excluding carboxylic acids is 1. The fraction of sp³-hybridized carbons (Fsp3) is 0.529. The third kappa shape index (κ3) is 4.22. The second-order valence-electron chi connectivity index (χ2n) is 6.12. The van der Waals surface area contributed by atoms with E-state index in [0.29, 0.717) is 6.54 Å². The normalized spacial score (nSPS) is 16.6. The Morgan fingerprint density at radius 2 is 2.26 bits per heavy atom. The van der Waals surface area contributed by atoms with E-state index in [1.165, 1.54) is 0 Å². The van der Waals surface area contributed by atoms with Gasteiger partial charge >= 0.3 is 0 Å². The maximum atomic E-state index is 12.2. The second-order valence-corrected chi connectivity index (χ2v) is 6.12. The average molecular weight is 316 g/mol. The van der Waals surface area contributed by atoms with Crippen molar-refractivity contribution in [3.8, 4) is 0 Å². The summed E-state index contributed by atoms with van der Waals surface area (Å²) in [4.78, 5) is 19.0. The van der Waals surface area contributed by atoms with Crippen molar-refractivity contribution < 1.29 is 9.21 Å². The Hall–Kier alpha value is -2.08. The van der Waals surface area contributed by atoms with Gasteiger partial charge in [0.25, 0.3) is 0 Å². The number of imidazole rings is 1. The first-order chi connectivity index (χ1) is 11.2. The van der Waals surface area contributed by atoms with Gasteiger partial charge in [-0.1, -0.05) is 0 Å². The summed E-state index contributed by atoms with van der Waals surface area (Å²) in [5, 5.41) is 2.97. The minimum atomic E-state index is 0.120. The highest BCUT2D eigenvalue weighted by Gasteiger charge is 2.24. The van der Waals surface area contributed by atoms with Crippen LogP contribution in [0.3, 0.4) is 0 Å². The molecule has 1 aliphatic rings. The van der Waals surface area contributed by atoms with E-state index in [9.17, 15) is 4.79 Å². The quantitative estimate of drug-likeness (QED) is 0.879. The van der Waals surface area contributed by atoms with Crippen molar-refractivity contribution in [3.63, 3.8) is 0 Å². The summed E-state index contributed by atoms with van der Waals surface area (Å²) >= 11 is 0. The van der Waals surface area contributed by atoms with Crippen LogP contribution in [0.4, 0.5) is 0 Å². The van der Waals surface area contributed by atoms with Gasteiger partial charge in [0, 0.05) is 38.3 Å². The summed E-state index contributed by atoms with van der Waals surface area (Å²) in [6.45, 7) is 3.43. The molecule has 6 nitrogen and oxygen atoms in total. The average Bonchev–Trinajstić information content (AvgIpc) is 3.23. The van der Waals surface area contributed by atoms with E-state index in [2.05, 4.69) is 19.8 Å². The van der Waals surface area contributed by atoms with E-state index >= 15 is 0 Å². The van der Waals surface area contributed by atoms with Crippen molar-refractivity contribution in [1.29, 1.82) is 0 Å². The second kappa shape index (κ2) is 7.46. The Kier molecular flexibility index (Phi) is 5.12. The van der Waals surface area contributed by atoms with Crippen LogP contribution in [0, 0.1) is 5.92 Å². The standard InChI is InChI=1S/C17H24N4O2/c1-20-11-7-18-16(20)6-10-21-8-4-14(5-9-21)17(22)19-13-15-3-2-12-23-15/h2-3,7,11-12,14H,4-6,8-10,13H2,1H3,(H,19,22). The number of piperidine rings is 1. The van der Waals surface area contributed by atoms with Gasteiger partial charge < -0.3 is 19.2 Å². The maximum absolute atomic E-state index is 12.2. The number of likely N-dealkylation sites (tertiary alicyclic amines) is 1. The molecule has 6 heteroatoms. The minimum absolute atomic E-state index is 0.120. The topological polar surface area (TPSA) is 63.3 Å². The van der Waals surface area contributed by atoms with Gasteiger partial charge in [0.15, 0.2) is 0 Å². The van der Waals surface area contributed by atoms with Gasteiger partial charge in [0.1, 0.15) is 11.6 Å². The van der Waals surface area contributed by atoms with Gasteiger partial charge in [-0.05, 0) is 38.1 Å². The molecule has 3 rings (SSSR count). The molecule has 124 valence electrons. The lowest BCUT2D eigenvalue weighted by atomic mass is 9.96. The molecule has 0 unspecified atom stereocenters. The highest BCUT2D eigenvalue weighted by Crippen LogP contribution is 2.18.